The number of benzene rings is 3. The van der Waals surface area contributed by atoms with Gasteiger partial charge in [0.1, 0.15) is 5.75 Å². The summed E-state index contributed by atoms with van der Waals surface area (Å²) in [6.45, 7) is 1.84. The molecule has 4 aromatic rings. The Balaban J connectivity index is 2.08. The van der Waals surface area contributed by atoms with Crippen molar-refractivity contribution in [2.24, 2.45) is 5.73 Å². The van der Waals surface area contributed by atoms with Crippen molar-refractivity contribution in [2.75, 3.05) is 0 Å². The van der Waals surface area contributed by atoms with Crippen molar-refractivity contribution in [1.82, 2.24) is 4.57 Å². The normalized spacial score (nSPS) is 12.0. The molecular formula is C23H19F3N2O2. The molecule has 0 spiro atoms. The molecular weight excluding hydrogens is 393 g/mol. The van der Waals surface area contributed by atoms with Crippen LogP contribution in [0, 0.1) is 0 Å². The van der Waals surface area contributed by atoms with Gasteiger partial charge in [-0.1, -0.05) is 31.2 Å². The molecule has 0 aliphatic rings. The largest absolute Gasteiger partial charge is 0.507 e. The summed E-state index contributed by atoms with van der Waals surface area (Å²) < 4.78 is 42.3. The van der Waals surface area contributed by atoms with Crippen molar-refractivity contribution in [3.05, 3.63) is 76.9 Å². The fourth-order valence-electron chi connectivity index (χ4n) is 3.98. The number of carbonyl (C=O) groups is 1. The van der Waals surface area contributed by atoms with Gasteiger partial charge in [-0.3, -0.25) is 4.79 Å². The molecule has 0 unspecified atom stereocenters. The van der Waals surface area contributed by atoms with Gasteiger partial charge in [0.25, 0.3) is 0 Å². The van der Waals surface area contributed by atoms with Crippen LogP contribution in [0.5, 0.6) is 5.75 Å². The first kappa shape index (κ1) is 19.8. The van der Waals surface area contributed by atoms with Crippen molar-refractivity contribution in [1.29, 1.82) is 0 Å². The molecule has 0 aliphatic heterocycles. The summed E-state index contributed by atoms with van der Waals surface area (Å²) in [4.78, 5) is 12.0. The number of aryl methyl sites for hydroxylation is 1. The number of halogens is 3. The lowest BCUT2D eigenvalue weighted by Gasteiger charge is -2.15. The highest BCUT2D eigenvalue weighted by atomic mass is 19.4. The van der Waals surface area contributed by atoms with Crippen LogP contribution < -0.4 is 5.73 Å². The Hall–Kier alpha value is -3.48. The van der Waals surface area contributed by atoms with Crippen LogP contribution >= 0.6 is 0 Å². The number of carbonyl (C=O) groups excluding carboxylic acids is 1. The topological polar surface area (TPSA) is 68.2 Å². The van der Waals surface area contributed by atoms with E-state index in [4.69, 9.17) is 5.73 Å². The Morgan fingerprint density at radius 1 is 1.03 bits per heavy atom. The van der Waals surface area contributed by atoms with Crippen LogP contribution in [0.3, 0.4) is 0 Å². The first-order valence-corrected chi connectivity index (χ1v) is 9.44. The number of hydrogen-bond donors (Lipinski definition) is 2. The molecule has 7 heteroatoms. The molecule has 3 N–H and O–H groups in total. The molecule has 0 saturated heterocycles. The van der Waals surface area contributed by atoms with Crippen LogP contribution in [-0.2, 0) is 19.1 Å². The number of phenols is 1. The zero-order valence-electron chi connectivity index (χ0n) is 16.1. The summed E-state index contributed by atoms with van der Waals surface area (Å²) in [6.07, 6.45) is -3.86. The number of primary amides is 1. The highest BCUT2D eigenvalue weighted by Crippen LogP contribution is 2.39. The minimum Gasteiger partial charge on any atom is -0.507 e. The lowest BCUT2D eigenvalue weighted by atomic mass is 10.0. The number of alkyl halides is 3. The summed E-state index contributed by atoms with van der Waals surface area (Å²) in [5.41, 5.74) is 7.03. The van der Waals surface area contributed by atoms with E-state index >= 15 is 0 Å². The van der Waals surface area contributed by atoms with Crippen molar-refractivity contribution in [3.63, 3.8) is 0 Å². The van der Waals surface area contributed by atoms with Crippen LogP contribution in [0.25, 0.3) is 21.8 Å². The van der Waals surface area contributed by atoms with Gasteiger partial charge in [0.2, 0.25) is 5.91 Å². The number of phenolic OH excluding ortho intramolecular Hbond substituents is 1. The Labute approximate surface area is 170 Å². The smallest absolute Gasteiger partial charge is 0.416 e. The van der Waals surface area contributed by atoms with Crippen LogP contribution in [-0.4, -0.2) is 15.6 Å². The van der Waals surface area contributed by atoms with Crippen molar-refractivity contribution < 1.29 is 23.1 Å². The van der Waals surface area contributed by atoms with E-state index in [-0.39, 0.29) is 23.4 Å². The monoisotopic (exact) mass is 412 g/mol. The number of nitrogens with zero attached hydrogens (tertiary/aromatic N) is 1. The highest BCUT2D eigenvalue weighted by Gasteiger charge is 2.33. The lowest BCUT2D eigenvalue weighted by molar-refractivity contribution is -0.138. The van der Waals surface area contributed by atoms with Gasteiger partial charge in [0, 0.05) is 17.5 Å². The fraction of sp³-hybridized carbons (Fsp3) is 0.174. The predicted molar refractivity (Wildman–Crippen MR) is 110 cm³/mol. The van der Waals surface area contributed by atoms with Gasteiger partial charge in [-0.15, -0.1) is 0 Å². The van der Waals surface area contributed by atoms with Gasteiger partial charge in [-0.25, -0.2) is 0 Å². The average molecular weight is 412 g/mol. The molecule has 0 atom stereocenters. The third kappa shape index (κ3) is 3.16. The Morgan fingerprint density at radius 2 is 1.77 bits per heavy atom. The van der Waals surface area contributed by atoms with E-state index in [0.717, 1.165) is 11.6 Å². The number of rotatable bonds is 4. The van der Waals surface area contributed by atoms with Gasteiger partial charge >= 0.3 is 6.18 Å². The zero-order chi connectivity index (χ0) is 21.6. The maximum absolute atomic E-state index is 13.5. The minimum absolute atomic E-state index is 0.0362. The number of fused-ring (bicyclic) bond motifs is 3. The first-order chi connectivity index (χ1) is 14.2. The maximum atomic E-state index is 13.5. The third-order valence-electron chi connectivity index (χ3n) is 5.36. The molecule has 0 radical (unpaired) electrons. The summed E-state index contributed by atoms with van der Waals surface area (Å²) >= 11 is 0. The molecule has 30 heavy (non-hydrogen) atoms. The molecule has 1 aromatic heterocycles. The van der Waals surface area contributed by atoms with Crippen LogP contribution in [0.4, 0.5) is 13.2 Å². The molecule has 0 fully saturated rings. The van der Waals surface area contributed by atoms with E-state index in [1.807, 2.05) is 13.0 Å². The maximum Gasteiger partial charge on any atom is 0.416 e. The number of nitrogens with two attached hydrogens (primary N) is 1. The molecule has 4 rings (SSSR count). The van der Waals surface area contributed by atoms with E-state index in [9.17, 15) is 23.1 Å². The molecule has 1 heterocycles. The predicted octanol–water partition coefficient (Wildman–Crippen LogP) is 5.23. The summed E-state index contributed by atoms with van der Waals surface area (Å²) in [5.74, 6) is -0.708. The van der Waals surface area contributed by atoms with Gasteiger partial charge in [-0.05, 0) is 47.9 Å². The second-order valence-electron chi connectivity index (χ2n) is 7.17. The van der Waals surface area contributed by atoms with E-state index in [0.29, 0.717) is 28.2 Å². The summed E-state index contributed by atoms with van der Waals surface area (Å²) in [5, 5.41) is 11.5. The fourth-order valence-corrected chi connectivity index (χ4v) is 3.98. The Kier molecular flexibility index (Phi) is 4.68. The SMILES string of the molecule is CCc1cc(O)c2c3c(C(N)=O)cccc3n(Cc3ccccc3C(F)(F)F)c2c1. The standard InChI is InChI=1S/C23H19F3N2O2/c1-2-13-10-18-21(19(29)11-13)20-15(22(27)30)7-5-9-17(20)28(18)12-14-6-3-4-8-16(14)23(24,25)26/h3-11,29H,2,12H2,1H3,(H2,27,30). The van der Waals surface area contributed by atoms with E-state index < -0.39 is 17.6 Å². The van der Waals surface area contributed by atoms with Crippen LogP contribution in [0.15, 0.2) is 54.6 Å². The first-order valence-electron chi connectivity index (χ1n) is 9.44. The van der Waals surface area contributed by atoms with Crippen molar-refractivity contribution >= 4 is 27.7 Å². The zero-order valence-corrected chi connectivity index (χ0v) is 16.1. The minimum atomic E-state index is -4.50. The van der Waals surface area contributed by atoms with Crippen LogP contribution in [0.1, 0.15) is 34.0 Å². The second kappa shape index (κ2) is 7.09. The van der Waals surface area contributed by atoms with Crippen molar-refractivity contribution in [2.45, 2.75) is 26.1 Å². The van der Waals surface area contributed by atoms with Gasteiger partial charge < -0.3 is 15.4 Å². The number of aromatic hydroxyl groups is 1. The summed E-state index contributed by atoms with van der Waals surface area (Å²) in [7, 11) is 0. The van der Waals surface area contributed by atoms with E-state index in [1.54, 1.807) is 34.9 Å². The average Bonchev–Trinajstić information content (AvgIpc) is 3.01. The van der Waals surface area contributed by atoms with Gasteiger partial charge in [-0.2, -0.15) is 13.2 Å². The number of aromatic nitrogens is 1. The molecule has 154 valence electrons. The van der Waals surface area contributed by atoms with E-state index in [2.05, 4.69) is 0 Å². The van der Waals surface area contributed by atoms with E-state index in [1.165, 1.54) is 12.1 Å². The molecule has 0 aliphatic carbocycles. The van der Waals surface area contributed by atoms with Crippen molar-refractivity contribution in [3.8, 4) is 5.75 Å². The molecule has 0 saturated carbocycles. The number of amides is 1. The molecule has 1 amide bonds. The third-order valence-corrected chi connectivity index (χ3v) is 5.36. The Morgan fingerprint density at radius 3 is 2.43 bits per heavy atom. The van der Waals surface area contributed by atoms with Gasteiger partial charge in [0.05, 0.1) is 22.0 Å². The molecule has 3 aromatic carbocycles. The highest BCUT2D eigenvalue weighted by molar-refractivity contribution is 6.19. The van der Waals surface area contributed by atoms with Crippen LogP contribution in [0.2, 0.25) is 0 Å². The molecule has 4 nitrogen and oxygen atoms in total. The Bertz CT molecular complexity index is 1290. The second-order valence-corrected chi connectivity index (χ2v) is 7.17. The number of hydrogen-bond acceptors (Lipinski definition) is 2. The quantitative estimate of drug-likeness (QED) is 0.482. The summed E-state index contributed by atoms with van der Waals surface area (Å²) in [6, 6.07) is 13.7. The molecule has 0 bridgehead atoms. The van der Waals surface area contributed by atoms with Gasteiger partial charge in [0.15, 0.2) is 0 Å². The lowest BCUT2D eigenvalue weighted by Crippen LogP contribution is -2.12.